The number of allylic oxidation sites excluding steroid dienone is 2. The van der Waals surface area contributed by atoms with Crippen LogP contribution >= 0.6 is 11.8 Å². The minimum atomic E-state index is -4.56. The molecule has 0 aromatic heterocycles. The van der Waals surface area contributed by atoms with Crippen LogP contribution < -0.4 is 15.4 Å². The van der Waals surface area contributed by atoms with E-state index in [1.54, 1.807) is 6.92 Å². The SMILES string of the molecule is C=CCOC(=O)C1=C(C)NC(SCC(=O)Nc2cccc(C(F)(F)F)c2)=C(C#N)[C@H]1c1ccc(O)c(OC)c1. The number of aromatic hydroxyl groups is 1. The van der Waals surface area contributed by atoms with E-state index in [1.807, 2.05) is 0 Å². The van der Waals surface area contributed by atoms with Gasteiger partial charge in [-0.15, -0.1) is 0 Å². The number of phenolic OH excluding ortho intramolecular Hbond substituents is 1. The van der Waals surface area contributed by atoms with Gasteiger partial charge in [-0.1, -0.05) is 36.5 Å². The Kier molecular flexibility index (Phi) is 9.32. The summed E-state index contributed by atoms with van der Waals surface area (Å²) in [5, 5.41) is 25.8. The van der Waals surface area contributed by atoms with Crippen LogP contribution in [0.15, 0.2) is 77.0 Å². The smallest absolute Gasteiger partial charge is 0.416 e. The maximum Gasteiger partial charge on any atom is 0.416 e. The summed E-state index contributed by atoms with van der Waals surface area (Å²) >= 11 is 0.943. The second kappa shape index (κ2) is 12.4. The molecule has 39 heavy (non-hydrogen) atoms. The third-order valence-electron chi connectivity index (χ3n) is 5.56. The lowest BCUT2D eigenvalue weighted by Gasteiger charge is -2.29. The Labute approximate surface area is 226 Å². The number of carbonyl (C=O) groups is 2. The first-order valence-electron chi connectivity index (χ1n) is 11.4. The van der Waals surface area contributed by atoms with E-state index in [2.05, 4.69) is 23.3 Å². The van der Waals surface area contributed by atoms with Crippen molar-refractivity contribution in [1.29, 1.82) is 5.26 Å². The Morgan fingerprint density at radius 1 is 1.28 bits per heavy atom. The highest BCUT2D eigenvalue weighted by atomic mass is 32.2. The number of thioether (sulfide) groups is 1. The Morgan fingerprint density at radius 3 is 2.67 bits per heavy atom. The van der Waals surface area contributed by atoms with Crippen LogP contribution in [0.4, 0.5) is 18.9 Å². The number of nitrogens with one attached hydrogen (secondary N) is 2. The van der Waals surface area contributed by atoms with Crippen LogP contribution in [0.2, 0.25) is 0 Å². The Balaban J connectivity index is 1.92. The molecule has 0 unspecified atom stereocenters. The first-order valence-corrected chi connectivity index (χ1v) is 12.4. The molecule has 1 atom stereocenters. The van der Waals surface area contributed by atoms with E-state index in [-0.39, 0.29) is 45.7 Å². The van der Waals surface area contributed by atoms with E-state index in [4.69, 9.17) is 9.47 Å². The number of phenols is 1. The Bertz CT molecular complexity index is 1400. The topological polar surface area (TPSA) is 121 Å². The third kappa shape index (κ3) is 6.94. The number of halogens is 3. The molecule has 1 aliphatic heterocycles. The van der Waals surface area contributed by atoms with Crippen molar-refractivity contribution < 1.29 is 37.3 Å². The van der Waals surface area contributed by atoms with Gasteiger partial charge in [-0.3, -0.25) is 4.79 Å². The van der Waals surface area contributed by atoms with E-state index < -0.39 is 29.5 Å². The third-order valence-corrected chi connectivity index (χ3v) is 6.58. The normalized spacial score (nSPS) is 15.2. The molecule has 8 nitrogen and oxygen atoms in total. The zero-order valence-electron chi connectivity index (χ0n) is 20.9. The molecular weight excluding hydrogens is 535 g/mol. The maximum atomic E-state index is 13.0. The van der Waals surface area contributed by atoms with E-state index >= 15 is 0 Å². The molecule has 0 saturated heterocycles. The molecule has 0 spiro atoms. The molecule has 12 heteroatoms. The summed E-state index contributed by atoms with van der Waals surface area (Å²) in [5.41, 5.74) is 0.105. The zero-order chi connectivity index (χ0) is 28.7. The molecule has 0 fully saturated rings. The summed E-state index contributed by atoms with van der Waals surface area (Å²) in [7, 11) is 1.35. The van der Waals surface area contributed by atoms with Crippen molar-refractivity contribution in [2.75, 3.05) is 24.8 Å². The predicted molar refractivity (Wildman–Crippen MR) is 140 cm³/mol. The molecule has 1 amide bonds. The molecule has 0 saturated carbocycles. The van der Waals surface area contributed by atoms with Gasteiger partial charge in [0.1, 0.15) is 6.61 Å². The summed E-state index contributed by atoms with van der Waals surface area (Å²) in [6, 6.07) is 10.7. The van der Waals surface area contributed by atoms with E-state index in [0.29, 0.717) is 11.3 Å². The number of methoxy groups -OCH3 is 1. The van der Waals surface area contributed by atoms with Crippen molar-refractivity contribution in [3.05, 3.63) is 88.1 Å². The number of rotatable bonds is 9. The standard InChI is InChI=1S/C27H24F3N3O5S/c1-4-10-38-26(36)23-15(2)32-25(19(13-31)24(23)16-8-9-20(34)21(11-16)37-3)39-14-22(35)33-18-7-5-6-17(12-18)27(28,29)30/h4-9,11-12,24,32,34H,1,10,14H2,2-3H3,(H,33,35)/t24-/m1/s1. The zero-order valence-corrected chi connectivity index (χ0v) is 21.7. The number of nitrogens with zero attached hydrogens (tertiary/aromatic N) is 1. The highest BCUT2D eigenvalue weighted by molar-refractivity contribution is 8.03. The lowest BCUT2D eigenvalue weighted by molar-refractivity contribution is -0.138. The molecular formula is C27H24F3N3O5S. The van der Waals surface area contributed by atoms with E-state index in [0.717, 1.165) is 23.9 Å². The van der Waals surface area contributed by atoms with Crippen molar-refractivity contribution >= 4 is 29.3 Å². The quantitative estimate of drug-likeness (QED) is 0.283. The lowest BCUT2D eigenvalue weighted by atomic mass is 9.82. The minimum absolute atomic E-state index is 0.0288. The van der Waals surface area contributed by atoms with Crippen LogP contribution in [0.1, 0.15) is 24.0 Å². The van der Waals surface area contributed by atoms with Gasteiger partial charge >= 0.3 is 12.1 Å². The fourth-order valence-electron chi connectivity index (χ4n) is 3.82. The number of nitriles is 1. The van der Waals surface area contributed by atoms with Gasteiger partial charge in [-0.2, -0.15) is 18.4 Å². The Morgan fingerprint density at radius 2 is 2.03 bits per heavy atom. The van der Waals surface area contributed by atoms with Gasteiger partial charge in [0.2, 0.25) is 5.91 Å². The van der Waals surface area contributed by atoms with Gasteiger partial charge in [-0.25, -0.2) is 4.79 Å². The molecule has 0 bridgehead atoms. The second-order valence-corrected chi connectivity index (χ2v) is 9.17. The van der Waals surface area contributed by atoms with Crippen LogP contribution in [0.3, 0.4) is 0 Å². The maximum absolute atomic E-state index is 13.0. The number of alkyl halides is 3. The summed E-state index contributed by atoms with van der Waals surface area (Å²) in [5.74, 6) is -2.51. The average molecular weight is 560 g/mol. The van der Waals surface area contributed by atoms with Crippen LogP contribution in [0.5, 0.6) is 11.5 Å². The number of ether oxygens (including phenoxy) is 2. The van der Waals surface area contributed by atoms with Crippen LogP contribution in [0, 0.1) is 11.3 Å². The van der Waals surface area contributed by atoms with E-state index in [1.165, 1.54) is 43.5 Å². The van der Waals surface area contributed by atoms with Crippen molar-refractivity contribution in [2.24, 2.45) is 0 Å². The molecule has 3 N–H and O–H groups in total. The van der Waals surface area contributed by atoms with Crippen molar-refractivity contribution in [3.8, 4) is 17.6 Å². The number of anilines is 1. The molecule has 0 aliphatic carbocycles. The monoisotopic (exact) mass is 559 g/mol. The number of dihydropyridines is 1. The molecule has 1 heterocycles. The first-order chi connectivity index (χ1) is 18.5. The number of carbonyl (C=O) groups excluding carboxylic acids is 2. The van der Waals surface area contributed by atoms with Crippen LogP contribution in [-0.2, 0) is 20.5 Å². The molecule has 0 radical (unpaired) electrons. The number of esters is 1. The summed E-state index contributed by atoms with van der Waals surface area (Å²) < 4.78 is 49.4. The molecule has 2 aromatic carbocycles. The van der Waals surface area contributed by atoms with Gasteiger partial charge in [0.15, 0.2) is 11.5 Å². The second-order valence-electron chi connectivity index (χ2n) is 8.19. The summed E-state index contributed by atoms with van der Waals surface area (Å²) in [6.45, 7) is 5.06. The predicted octanol–water partition coefficient (Wildman–Crippen LogP) is 5.22. The van der Waals surface area contributed by atoms with Gasteiger partial charge < -0.3 is 25.2 Å². The first kappa shape index (κ1) is 29.2. The molecule has 2 aromatic rings. The highest BCUT2D eigenvalue weighted by Crippen LogP contribution is 2.43. The van der Waals surface area contributed by atoms with Crippen LogP contribution in [0.25, 0.3) is 0 Å². The van der Waals surface area contributed by atoms with Crippen molar-refractivity contribution in [3.63, 3.8) is 0 Å². The Hall–Kier alpha value is -4.37. The van der Waals surface area contributed by atoms with Crippen molar-refractivity contribution in [1.82, 2.24) is 5.32 Å². The lowest BCUT2D eigenvalue weighted by Crippen LogP contribution is -2.29. The molecule has 1 aliphatic rings. The number of hydrogen-bond acceptors (Lipinski definition) is 8. The van der Waals surface area contributed by atoms with E-state index in [9.17, 15) is 33.1 Å². The average Bonchev–Trinajstić information content (AvgIpc) is 2.90. The van der Waals surface area contributed by atoms with Gasteiger partial charge in [0.25, 0.3) is 0 Å². The highest BCUT2D eigenvalue weighted by Gasteiger charge is 2.36. The fraction of sp³-hybridized carbons (Fsp3) is 0.222. The van der Waals surface area contributed by atoms with Gasteiger partial charge in [0, 0.05) is 11.4 Å². The molecule has 204 valence electrons. The van der Waals surface area contributed by atoms with Crippen molar-refractivity contribution in [2.45, 2.75) is 19.0 Å². The largest absolute Gasteiger partial charge is 0.504 e. The number of hydrogen-bond donors (Lipinski definition) is 3. The summed E-state index contributed by atoms with van der Waals surface area (Å²) in [4.78, 5) is 25.5. The van der Waals surface area contributed by atoms with Gasteiger partial charge in [-0.05, 0) is 42.8 Å². The molecule has 3 rings (SSSR count). The summed E-state index contributed by atoms with van der Waals surface area (Å²) in [6.07, 6.45) is -3.16. The fourth-order valence-corrected chi connectivity index (χ4v) is 4.72. The van der Waals surface area contributed by atoms with Crippen LogP contribution in [-0.4, -0.2) is 36.5 Å². The number of amides is 1. The van der Waals surface area contributed by atoms with Gasteiger partial charge in [0.05, 0.1) is 46.6 Å². The number of benzene rings is 2. The minimum Gasteiger partial charge on any atom is -0.504 e.